The van der Waals surface area contributed by atoms with Gasteiger partial charge in [-0.15, -0.1) is 0 Å². The molecule has 1 aliphatic heterocycles. The molecule has 27 heavy (non-hydrogen) atoms. The number of rotatable bonds is 10. The van der Waals surface area contributed by atoms with Crippen LogP contribution in [0.5, 0.6) is 0 Å². The minimum Gasteiger partial charge on any atom is -0.357 e. The summed E-state index contributed by atoms with van der Waals surface area (Å²) >= 11 is 0. The number of imide groups is 1. The van der Waals surface area contributed by atoms with Gasteiger partial charge in [-0.2, -0.15) is 0 Å². The molecular formula is C16H26N6O5. The zero-order valence-electron chi connectivity index (χ0n) is 15.6. The van der Waals surface area contributed by atoms with Crippen LogP contribution >= 0.6 is 0 Å². The fourth-order valence-electron chi connectivity index (χ4n) is 2.40. The maximum absolute atomic E-state index is 12.6. The standard InChI is InChI=1S/C16H26N6O5/c1-9(2)13(21-22-11(23)6-7-12(22)24)15(26)20-10(14(25)18-3)5-4-8-19-16(17)27/h6-7,9-10,13,21H,4-5,8H2,1-3H3,(H,18,25)(H,20,26)(H3,17,19,27)/t10-,13-/m0/s1. The van der Waals surface area contributed by atoms with Crippen molar-refractivity contribution in [2.24, 2.45) is 11.7 Å². The highest BCUT2D eigenvalue weighted by Crippen LogP contribution is 2.08. The van der Waals surface area contributed by atoms with E-state index in [4.69, 9.17) is 5.73 Å². The predicted octanol–water partition coefficient (Wildman–Crippen LogP) is -1.88. The molecular weight excluding hydrogens is 356 g/mol. The number of hydrazine groups is 1. The third kappa shape index (κ3) is 6.70. The van der Waals surface area contributed by atoms with Crippen LogP contribution in [0.25, 0.3) is 0 Å². The van der Waals surface area contributed by atoms with Gasteiger partial charge < -0.3 is 21.7 Å². The van der Waals surface area contributed by atoms with E-state index in [2.05, 4.69) is 21.4 Å². The van der Waals surface area contributed by atoms with Gasteiger partial charge in [0.1, 0.15) is 12.1 Å². The second-order valence-corrected chi connectivity index (χ2v) is 6.30. The number of hydrogen-bond donors (Lipinski definition) is 5. The maximum Gasteiger partial charge on any atom is 0.312 e. The number of urea groups is 1. The van der Waals surface area contributed by atoms with Gasteiger partial charge in [0.25, 0.3) is 11.8 Å². The fourth-order valence-corrected chi connectivity index (χ4v) is 2.40. The molecule has 0 radical (unpaired) electrons. The van der Waals surface area contributed by atoms with E-state index in [0.717, 1.165) is 17.2 Å². The monoisotopic (exact) mass is 382 g/mol. The van der Waals surface area contributed by atoms with Gasteiger partial charge in [-0.3, -0.25) is 19.2 Å². The molecule has 0 bridgehead atoms. The topological polar surface area (TPSA) is 163 Å². The zero-order chi connectivity index (χ0) is 20.6. The van der Waals surface area contributed by atoms with Crippen LogP contribution in [0.2, 0.25) is 0 Å². The van der Waals surface area contributed by atoms with Crippen LogP contribution in [0.4, 0.5) is 4.79 Å². The van der Waals surface area contributed by atoms with E-state index in [1.807, 2.05) is 0 Å². The van der Waals surface area contributed by atoms with E-state index >= 15 is 0 Å². The number of primary amides is 1. The molecule has 150 valence electrons. The molecule has 0 spiro atoms. The highest BCUT2D eigenvalue weighted by atomic mass is 16.2. The normalized spacial score (nSPS) is 15.6. The summed E-state index contributed by atoms with van der Waals surface area (Å²) in [5, 5.41) is 8.24. The Hall–Kier alpha value is -2.95. The van der Waals surface area contributed by atoms with Crippen LogP contribution in [0.3, 0.4) is 0 Å². The van der Waals surface area contributed by atoms with Gasteiger partial charge in [-0.05, 0) is 18.8 Å². The van der Waals surface area contributed by atoms with Crippen molar-refractivity contribution in [3.8, 4) is 0 Å². The second kappa shape index (κ2) is 10.3. The Labute approximate surface area is 157 Å². The van der Waals surface area contributed by atoms with Crippen LogP contribution in [0.1, 0.15) is 26.7 Å². The summed E-state index contributed by atoms with van der Waals surface area (Å²) in [5.74, 6) is -2.35. The fraction of sp³-hybridized carbons (Fsp3) is 0.562. The average molecular weight is 382 g/mol. The van der Waals surface area contributed by atoms with E-state index in [9.17, 15) is 24.0 Å². The van der Waals surface area contributed by atoms with Gasteiger partial charge in [0.05, 0.1) is 0 Å². The van der Waals surface area contributed by atoms with E-state index in [1.165, 1.54) is 7.05 Å². The third-order valence-corrected chi connectivity index (χ3v) is 3.87. The molecule has 11 heteroatoms. The Morgan fingerprint density at radius 2 is 1.70 bits per heavy atom. The summed E-state index contributed by atoms with van der Waals surface area (Å²) in [6, 6.07) is -2.43. The Kier molecular flexibility index (Phi) is 8.39. The van der Waals surface area contributed by atoms with Crippen LogP contribution in [-0.4, -0.2) is 60.3 Å². The van der Waals surface area contributed by atoms with Crippen molar-refractivity contribution in [2.45, 2.75) is 38.8 Å². The van der Waals surface area contributed by atoms with E-state index < -0.39 is 41.7 Å². The van der Waals surface area contributed by atoms with Crippen LogP contribution in [0, 0.1) is 5.92 Å². The average Bonchev–Trinajstić information content (AvgIpc) is 2.92. The van der Waals surface area contributed by atoms with Crippen LogP contribution < -0.4 is 27.1 Å². The lowest BCUT2D eigenvalue weighted by Gasteiger charge is -2.28. The molecule has 0 aromatic carbocycles. The molecule has 0 unspecified atom stereocenters. The largest absolute Gasteiger partial charge is 0.357 e. The van der Waals surface area contributed by atoms with Crippen LogP contribution in [0.15, 0.2) is 12.2 Å². The molecule has 0 aliphatic carbocycles. The highest BCUT2D eigenvalue weighted by Gasteiger charge is 2.32. The maximum atomic E-state index is 12.6. The van der Waals surface area contributed by atoms with Crippen molar-refractivity contribution in [3.05, 3.63) is 12.2 Å². The lowest BCUT2D eigenvalue weighted by molar-refractivity contribution is -0.143. The molecule has 2 atom stereocenters. The molecule has 0 saturated carbocycles. The van der Waals surface area contributed by atoms with Gasteiger partial charge >= 0.3 is 6.03 Å². The van der Waals surface area contributed by atoms with E-state index in [-0.39, 0.29) is 18.9 Å². The van der Waals surface area contributed by atoms with Gasteiger partial charge in [0.2, 0.25) is 11.8 Å². The predicted molar refractivity (Wildman–Crippen MR) is 95.6 cm³/mol. The quantitative estimate of drug-likeness (QED) is 0.219. The molecule has 1 heterocycles. The number of nitrogens with one attached hydrogen (secondary N) is 4. The van der Waals surface area contributed by atoms with Gasteiger partial charge in [-0.25, -0.2) is 15.2 Å². The van der Waals surface area contributed by atoms with E-state index in [0.29, 0.717) is 6.42 Å². The smallest absolute Gasteiger partial charge is 0.312 e. The lowest BCUT2D eigenvalue weighted by Crippen LogP contribution is -2.59. The number of carbonyl (C=O) groups excluding carboxylic acids is 5. The first-order chi connectivity index (χ1) is 12.7. The number of hydrogen-bond acceptors (Lipinski definition) is 6. The SMILES string of the molecule is CNC(=O)[C@H](CCCNC(N)=O)NC(=O)[C@@H](NN1C(=O)C=CC1=O)C(C)C. The number of nitrogens with zero attached hydrogens (tertiary/aromatic N) is 1. The minimum atomic E-state index is -0.909. The molecule has 1 aliphatic rings. The summed E-state index contributed by atoms with van der Waals surface area (Å²) in [5.41, 5.74) is 7.59. The number of amides is 6. The summed E-state index contributed by atoms with van der Waals surface area (Å²) < 4.78 is 0. The van der Waals surface area contributed by atoms with Crippen LogP contribution in [-0.2, 0) is 19.2 Å². The minimum absolute atomic E-state index is 0.257. The zero-order valence-corrected chi connectivity index (χ0v) is 15.6. The van der Waals surface area contributed by atoms with Gasteiger partial charge in [-0.1, -0.05) is 13.8 Å². The first kappa shape index (κ1) is 22.1. The number of carbonyl (C=O) groups is 5. The van der Waals surface area contributed by atoms with Crippen molar-refractivity contribution < 1.29 is 24.0 Å². The molecule has 11 nitrogen and oxygen atoms in total. The summed E-state index contributed by atoms with van der Waals surface area (Å²) in [6.07, 6.45) is 2.88. The Bertz CT molecular complexity index is 615. The molecule has 1 rings (SSSR count). The summed E-state index contributed by atoms with van der Waals surface area (Å²) in [4.78, 5) is 58.7. The Balaban J connectivity index is 2.73. The summed E-state index contributed by atoms with van der Waals surface area (Å²) in [7, 11) is 1.44. The first-order valence-corrected chi connectivity index (χ1v) is 8.55. The van der Waals surface area contributed by atoms with Gasteiger partial charge in [0, 0.05) is 25.7 Å². The molecule has 0 aromatic rings. The first-order valence-electron chi connectivity index (χ1n) is 8.55. The molecule has 0 aromatic heterocycles. The Morgan fingerprint density at radius 3 is 2.19 bits per heavy atom. The van der Waals surface area contributed by atoms with Crippen molar-refractivity contribution >= 4 is 29.7 Å². The van der Waals surface area contributed by atoms with Crippen molar-refractivity contribution in [2.75, 3.05) is 13.6 Å². The van der Waals surface area contributed by atoms with Crippen molar-refractivity contribution in [3.63, 3.8) is 0 Å². The molecule has 0 fully saturated rings. The Morgan fingerprint density at radius 1 is 1.11 bits per heavy atom. The third-order valence-electron chi connectivity index (χ3n) is 3.87. The van der Waals surface area contributed by atoms with Crippen molar-refractivity contribution in [1.29, 1.82) is 0 Å². The van der Waals surface area contributed by atoms with Gasteiger partial charge in [0.15, 0.2) is 0 Å². The van der Waals surface area contributed by atoms with E-state index in [1.54, 1.807) is 13.8 Å². The summed E-state index contributed by atoms with van der Waals surface area (Å²) in [6.45, 7) is 3.73. The lowest BCUT2D eigenvalue weighted by atomic mass is 10.0. The highest BCUT2D eigenvalue weighted by molar-refractivity contribution is 6.12. The number of likely N-dealkylation sites (N-methyl/N-ethyl adjacent to an activating group) is 1. The number of nitrogens with two attached hydrogens (primary N) is 1. The molecule has 6 amide bonds. The second-order valence-electron chi connectivity index (χ2n) is 6.30. The molecule has 0 saturated heterocycles. The van der Waals surface area contributed by atoms with Crippen molar-refractivity contribution in [1.82, 2.24) is 26.4 Å². The molecule has 6 N–H and O–H groups in total.